The Morgan fingerprint density at radius 2 is 2.07 bits per heavy atom. The van der Waals surface area contributed by atoms with E-state index < -0.39 is 0 Å². The lowest BCUT2D eigenvalue weighted by Crippen LogP contribution is -2.32. The van der Waals surface area contributed by atoms with Gasteiger partial charge in [0.15, 0.2) is 5.65 Å². The third-order valence-corrected chi connectivity index (χ3v) is 5.41. The normalized spacial score (nSPS) is 16.8. The van der Waals surface area contributed by atoms with Crippen LogP contribution in [-0.2, 0) is 4.74 Å². The van der Waals surface area contributed by atoms with E-state index in [0.29, 0.717) is 18.0 Å². The fraction of sp³-hybridized carbons (Fsp3) is 0.409. The summed E-state index contributed by atoms with van der Waals surface area (Å²) in [7, 11) is 0. The molecule has 1 fully saturated rings. The minimum absolute atomic E-state index is 0.117. The molecule has 4 rings (SSSR count). The second-order valence-electron chi connectivity index (χ2n) is 7.67. The van der Waals surface area contributed by atoms with Crippen molar-refractivity contribution in [2.24, 2.45) is 0 Å². The second kappa shape index (κ2) is 7.72. The zero-order valence-electron chi connectivity index (χ0n) is 16.6. The Hall–Kier alpha value is -2.73. The molecule has 1 N–H and O–H groups in total. The SMILES string of the molecule is Cc1c(C(=O)NCC2CCCO2)cnc2c(-c3ccc(C(C)C)cc3)cnn12. The Labute approximate surface area is 164 Å². The van der Waals surface area contributed by atoms with Gasteiger partial charge < -0.3 is 10.1 Å². The van der Waals surface area contributed by atoms with Crippen LogP contribution in [0.15, 0.2) is 36.7 Å². The van der Waals surface area contributed by atoms with Crippen molar-refractivity contribution in [3.8, 4) is 11.1 Å². The summed E-state index contributed by atoms with van der Waals surface area (Å²) in [5, 5.41) is 7.44. The van der Waals surface area contributed by atoms with Gasteiger partial charge in [-0.05, 0) is 36.8 Å². The predicted molar refractivity (Wildman–Crippen MR) is 109 cm³/mol. The molecule has 2 aromatic heterocycles. The highest BCUT2D eigenvalue weighted by Gasteiger charge is 2.19. The van der Waals surface area contributed by atoms with E-state index >= 15 is 0 Å². The lowest BCUT2D eigenvalue weighted by Gasteiger charge is -2.12. The van der Waals surface area contributed by atoms with E-state index in [1.807, 2.05) is 13.1 Å². The number of hydrogen-bond acceptors (Lipinski definition) is 4. The van der Waals surface area contributed by atoms with Crippen molar-refractivity contribution in [1.82, 2.24) is 19.9 Å². The number of carbonyl (C=O) groups excluding carboxylic acids is 1. The van der Waals surface area contributed by atoms with Crippen LogP contribution in [0.2, 0.25) is 0 Å². The number of carbonyl (C=O) groups is 1. The van der Waals surface area contributed by atoms with Gasteiger partial charge in [0.05, 0.1) is 23.6 Å². The highest BCUT2D eigenvalue weighted by Crippen LogP contribution is 2.26. The highest BCUT2D eigenvalue weighted by atomic mass is 16.5. The molecule has 0 spiro atoms. The largest absolute Gasteiger partial charge is 0.376 e. The minimum Gasteiger partial charge on any atom is -0.376 e. The van der Waals surface area contributed by atoms with E-state index in [4.69, 9.17) is 4.74 Å². The lowest BCUT2D eigenvalue weighted by atomic mass is 10.00. The monoisotopic (exact) mass is 378 g/mol. The van der Waals surface area contributed by atoms with Gasteiger partial charge in [0.25, 0.3) is 5.91 Å². The van der Waals surface area contributed by atoms with Crippen LogP contribution in [0.25, 0.3) is 16.8 Å². The molecule has 0 aliphatic carbocycles. The maximum atomic E-state index is 12.6. The highest BCUT2D eigenvalue weighted by molar-refractivity contribution is 5.95. The number of nitrogens with zero attached hydrogens (tertiary/aromatic N) is 3. The smallest absolute Gasteiger partial charge is 0.254 e. The molecule has 0 radical (unpaired) electrons. The van der Waals surface area contributed by atoms with Crippen LogP contribution in [0.1, 0.15) is 54.2 Å². The summed E-state index contributed by atoms with van der Waals surface area (Å²) in [4.78, 5) is 17.1. The molecule has 1 aliphatic rings. The summed E-state index contributed by atoms with van der Waals surface area (Å²) >= 11 is 0. The van der Waals surface area contributed by atoms with Crippen molar-refractivity contribution in [2.45, 2.75) is 45.6 Å². The van der Waals surface area contributed by atoms with Crippen molar-refractivity contribution in [3.63, 3.8) is 0 Å². The van der Waals surface area contributed by atoms with Crippen LogP contribution in [0.4, 0.5) is 0 Å². The Morgan fingerprint density at radius 1 is 1.29 bits per heavy atom. The van der Waals surface area contributed by atoms with Crippen molar-refractivity contribution < 1.29 is 9.53 Å². The molecule has 3 aromatic rings. The molecule has 6 heteroatoms. The van der Waals surface area contributed by atoms with E-state index in [1.165, 1.54) is 5.56 Å². The summed E-state index contributed by atoms with van der Waals surface area (Å²) < 4.78 is 7.31. The van der Waals surface area contributed by atoms with E-state index in [9.17, 15) is 4.79 Å². The van der Waals surface area contributed by atoms with Crippen LogP contribution >= 0.6 is 0 Å². The zero-order valence-corrected chi connectivity index (χ0v) is 16.6. The molecule has 146 valence electrons. The number of rotatable bonds is 5. The topological polar surface area (TPSA) is 68.5 Å². The van der Waals surface area contributed by atoms with Crippen LogP contribution in [0, 0.1) is 6.92 Å². The molecular weight excluding hydrogens is 352 g/mol. The van der Waals surface area contributed by atoms with Gasteiger partial charge in [-0.25, -0.2) is 9.50 Å². The molecule has 1 aliphatic heterocycles. The van der Waals surface area contributed by atoms with Crippen molar-refractivity contribution in [1.29, 1.82) is 0 Å². The number of benzene rings is 1. The van der Waals surface area contributed by atoms with Crippen LogP contribution < -0.4 is 5.32 Å². The average Bonchev–Trinajstić information content (AvgIpc) is 3.36. The van der Waals surface area contributed by atoms with Gasteiger partial charge in [0.1, 0.15) is 0 Å². The van der Waals surface area contributed by atoms with E-state index in [0.717, 1.165) is 41.9 Å². The number of nitrogens with one attached hydrogen (secondary N) is 1. The fourth-order valence-corrected chi connectivity index (χ4v) is 3.63. The number of fused-ring (bicyclic) bond motifs is 1. The quantitative estimate of drug-likeness (QED) is 0.734. The number of aryl methyl sites for hydroxylation is 1. The first kappa shape index (κ1) is 18.6. The van der Waals surface area contributed by atoms with Crippen molar-refractivity contribution in [3.05, 3.63) is 53.5 Å². The molecule has 1 unspecified atom stereocenters. The second-order valence-corrected chi connectivity index (χ2v) is 7.67. The number of hydrogen-bond donors (Lipinski definition) is 1. The molecule has 0 saturated carbocycles. The third-order valence-electron chi connectivity index (χ3n) is 5.41. The van der Waals surface area contributed by atoms with Gasteiger partial charge in [-0.2, -0.15) is 5.10 Å². The van der Waals surface area contributed by atoms with Gasteiger partial charge in [-0.3, -0.25) is 4.79 Å². The summed E-state index contributed by atoms with van der Waals surface area (Å²) in [6, 6.07) is 8.49. The van der Waals surface area contributed by atoms with Crippen molar-refractivity contribution in [2.75, 3.05) is 13.2 Å². The molecule has 1 saturated heterocycles. The fourth-order valence-electron chi connectivity index (χ4n) is 3.63. The van der Waals surface area contributed by atoms with Gasteiger partial charge >= 0.3 is 0 Å². The van der Waals surface area contributed by atoms with Crippen LogP contribution in [0.3, 0.4) is 0 Å². The summed E-state index contributed by atoms with van der Waals surface area (Å²) in [6.45, 7) is 7.57. The molecule has 0 bridgehead atoms. The molecule has 1 atom stereocenters. The Morgan fingerprint density at radius 3 is 2.75 bits per heavy atom. The van der Waals surface area contributed by atoms with Crippen molar-refractivity contribution >= 4 is 11.6 Å². The Kier molecular flexibility index (Phi) is 5.13. The molecule has 1 amide bonds. The Bertz CT molecular complexity index is 986. The summed E-state index contributed by atoms with van der Waals surface area (Å²) in [5.41, 5.74) is 5.40. The number of ether oxygens (including phenoxy) is 1. The number of aromatic nitrogens is 3. The predicted octanol–water partition coefficient (Wildman–Crippen LogP) is 3.74. The van der Waals surface area contributed by atoms with Crippen LogP contribution in [-0.4, -0.2) is 39.8 Å². The molecule has 3 heterocycles. The maximum Gasteiger partial charge on any atom is 0.254 e. The first-order chi connectivity index (χ1) is 13.5. The zero-order chi connectivity index (χ0) is 19.7. The first-order valence-corrected chi connectivity index (χ1v) is 9.88. The average molecular weight is 378 g/mol. The number of amides is 1. The summed E-state index contributed by atoms with van der Waals surface area (Å²) in [5.74, 6) is 0.356. The van der Waals surface area contributed by atoms with Gasteiger partial charge in [-0.1, -0.05) is 38.1 Å². The minimum atomic E-state index is -0.138. The molecule has 6 nitrogen and oxygen atoms in total. The lowest BCUT2D eigenvalue weighted by molar-refractivity contribution is 0.0856. The van der Waals surface area contributed by atoms with Gasteiger partial charge in [0.2, 0.25) is 0 Å². The molecular formula is C22H26N4O2. The summed E-state index contributed by atoms with van der Waals surface area (Å²) in [6.07, 6.45) is 5.62. The Balaban J connectivity index is 1.59. The van der Waals surface area contributed by atoms with Gasteiger partial charge in [0, 0.05) is 24.9 Å². The van der Waals surface area contributed by atoms with E-state index in [2.05, 4.69) is 53.5 Å². The third kappa shape index (κ3) is 3.52. The van der Waals surface area contributed by atoms with Crippen LogP contribution in [0.5, 0.6) is 0 Å². The molecule has 1 aromatic carbocycles. The molecule has 28 heavy (non-hydrogen) atoms. The standard InChI is InChI=1S/C22H26N4O2/c1-14(2)16-6-8-17(9-7-16)20-13-25-26-15(3)19(12-23-21(20)26)22(27)24-11-18-5-4-10-28-18/h6-9,12-14,18H,4-5,10-11H2,1-3H3,(H,24,27). The first-order valence-electron chi connectivity index (χ1n) is 9.88. The van der Waals surface area contributed by atoms with E-state index in [1.54, 1.807) is 10.7 Å². The van der Waals surface area contributed by atoms with Gasteiger partial charge in [-0.15, -0.1) is 0 Å². The van der Waals surface area contributed by atoms with E-state index in [-0.39, 0.29) is 12.0 Å². The maximum absolute atomic E-state index is 12.6.